The molecule has 2 nitrogen and oxygen atoms in total. The Balaban J connectivity index is 2.10. The summed E-state index contributed by atoms with van der Waals surface area (Å²) >= 11 is 1.71. The maximum absolute atomic E-state index is 9.40. The van der Waals surface area contributed by atoms with Crippen LogP contribution in [0.2, 0.25) is 0 Å². The van der Waals surface area contributed by atoms with Gasteiger partial charge < -0.3 is 5.32 Å². The minimum atomic E-state index is 0.403. The molecule has 0 amide bonds. The molecule has 0 bridgehead atoms. The van der Waals surface area contributed by atoms with E-state index in [-0.39, 0.29) is 0 Å². The summed E-state index contributed by atoms with van der Waals surface area (Å²) in [5.41, 5.74) is 2.99. The first-order chi connectivity index (χ1) is 10.3. The summed E-state index contributed by atoms with van der Waals surface area (Å²) in [6, 6.07) is 18.8. The van der Waals surface area contributed by atoms with Crippen LogP contribution in [-0.4, -0.2) is 12.3 Å². The fourth-order valence-electron chi connectivity index (χ4n) is 2.23. The van der Waals surface area contributed by atoms with Gasteiger partial charge in [-0.15, -0.1) is 11.8 Å². The lowest BCUT2D eigenvalue weighted by Gasteiger charge is -2.16. The molecule has 1 atom stereocenters. The largest absolute Gasteiger partial charge is 0.383 e. The predicted octanol–water partition coefficient (Wildman–Crippen LogP) is 4.89. The Bertz CT molecular complexity index is 617. The zero-order chi connectivity index (χ0) is 15.1. The molecule has 0 saturated carbocycles. The van der Waals surface area contributed by atoms with Crippen molar-refractivity contribution in [1.82, 2.24) is 0 Å². The van der Waals surface area contributed by atoms with Crippen LogP contribution in [0, 0.1) is 11.3 Å². The van der Waals surface area contributed by atoms with Crippen LogP contribution >= 0.6 is 11.8 Å². The smallest absolute Gasteiger partial charge is 0.102 e. The Labute approximate surface area is 131 Å². The number of nitrogens with one attached hydrogen (secondary N) is 1. The van der Waals surface area contributed by atoms with E-state index in [4.69, 9.17) is 0 Å². The molecule has 0 aliphatic rings. The second-order valence-corrected chi connectivity index (χ2v) is 6.22. The molecule has 2 rings (SSSR count). The number of nitriles is 1. The van der Waals surface area contributed by atoms with Crippen LogP contribution in [0.5, 0.6) is 0 Å². The highest BCUT2D eigenvalue weighted by atomic mass is 32.2. The number of hydrogen-bond acceptors (Lipinski definition) is 3. The lowest BCUT2D eigenvalue weighted by atomic mass is 10.0. The lowest BCUT2D eigenvalue weighted by molar-refractivity contribution is 0.804. The molecule has 1 N–H and O–H groups in total. The van der Waals surface area contributed by atoms with Crippen molar-refractivity contribution in [3.05, 3.63) is 59.7 Å². The first kappa shape index (κ1) is 15.5. The molecule has 0 aliphatic heterocycles. The highest BCUT2D eigenvalue weighted by molar-refractivity contribution is 7.99. The van der Waals surface area contributed by atoms with Gasteiger partial charge >= 0.3 is 0 Å². The van der Waals surface area contributed by atoms with Gasteiger partial charge in [-0.05, 0) is 29.4 Å². The zero-order valence-corrected chi connectivity index (χ0v) is 13.3. The molecule has 0 heterocycles. The molecular formula is C18H20N2S. The van der Waals surface area contributed by atoms with Crippen LogP contribution in [0.1, 0.15) is 30.9 Å². The summed E-state index contributed by atoms with van der Waals surface area (Å²) < 4.78 is 0. The molecule has 3 heteroatoms. The first-order valence-electron chi connectivity index (χ1n) is 7.21. The van der Waals surface area contributed by atoms with Crippen LogP contribution in [0.15, 0.2) is 53.4 Å². The summed E-state index contributed by atoms with van der Waals surface area (Å²) in [5, 5.41) is 12.8. The van der Waals surface area contributed by atoms with Gasteiger partial charge in [0.25, 0.3) is 0 Å². The predicted molar refractivity (Wildman–Crippen MR) is 90.9 cm³/mol. The average Bonchev–Trinajstić information content (AvgIpc) is 2.54. The van der Waals surface area contributed by atoms with Crippen molar-refractivity contribution in [1.29, 1.82) is 5.26 Å². The zero-order valence-electron chi connectivity index (χ0n) is 12.5. The van der Waals surface area contributed by atoms with Gasteiger partial charge in [-0.2, -0.15) is 5.26 Å². The van der Waals surface area contributed by atoms with Crippen molar-refractivity contribution in [3.63, 3.8) is 0 Å². The van der Waals surface area contributed by atoms with Crippen molar-refractivity contribution < 1.29 is 0 Å². The Hall–Kier alpha value is -1.92. The van der Waals surface area contributed by atoms with E-state index < -0.39 is 0 Å². The van der Waals surface area contributed by atoms with Gasteiger partial charge in [0.15, 0.2) is 0 Å². The van der Waals surface area contributed by atoms with E-state index in [9.17, 15) is 5.26 Å². The van der Waals surface area contributed by atoms with E-state index in [1.165, 1.54) is 5.56 Å². The standard InChI is InChI=1S/C18H20N2S/c1-3-21-18-11-7-10-17(16(18)12-19)20-13-14(2)15-8-5-4-6-9-15/h4-11,14,20H,3,13H2,1-2H3. The van der Waals surface area contributed by atoms with E-state index in [0.29, 0.717) is 5.92 Å². The van der Waals surface area contributed by atoms with Crippen LogP contribution in [0.25, 0.3) is 0 Å². The Morgan fingerprint density at radius 3 is 2.57 bits per heavy atom. The Morgan fingerprint density at radius 2 is 1.90 bits per heavy atom. The van der Waals surface area contributed by atoms with Gasteiger partial charge in [-0.25, -0.2) is 0 Å². The fourth-order valence-corrected chi connectivity index (χ4v) is 3.02. The van der Waals surface area contributed by atoms with E-state index >= 15 is 0 Å². The summed E-state index contributed by atoms with van der Waals surface area (Å²) in [5.74, 6) is 1.37. The van der Waals surface area contributed by atoms with E-state index in [2.05, 4.69) is 49.5 Å². The fraction of sp³-hybridized carbons (Fsp3) is 0.278. The molecular weight excluding hydrogens is 276 g/mol. The van der Waals surface area contributed by atoms with Crippen molar-refractivity contribution in [2.75, 3.05) is 17.6 Å². The van der Waals surface area contributed by atoms with Gasteiger partial charge in [0, 0.05) is 11.4 Å². The highest BCUT2D eigenvalue weighted by Crippen LogP contribution is 2.28. The minimum absolute atomic E-state index is 0.403. The third kappa shape index (κ3) is 4.03. The molecule has 1 unspecified atom stereocenters. The van der Waals surface area contributed by atoms with Crippen molar-refractivity contribution in [2.45, 2.75) is 24.7 Å². The normalized spacial score (nSPS) is 11.7. The Morgan fingerprint density at radius 1 is 1.14 bits per heavy atom. The van der Waals surface area contributed by atoms with Crippen LogP contribution in [-0.2, 0) is 0 Å². The average molecular weight is 296 g/mol. The topological polar surface area (TPSA) is 35.8 Å². The molecule has 2 aromatic rings. The minimum Gasteiger partial charge on any atom is -0.383 e. The Kier molecular flexibility index (Phi) is 5.71. The molecule has 2 aromatic carbocycles. The molecule has 0 aliphatic carbocycles. The third-order valence-corrected chi connectivity index (χ3v) is 4.35. The van der Waals surface area contributed by atoms with E-state index in [1.807, 2.05) is 24.3 Å². The summed E-state index contributed by atoms with van der Waals surface area (Å²) in [7, 11) is 0. The van der Waals surface area contributed by atoms with E-state index in [0.717, 1.165) is 28.4 Å². The highest BCUT2D eigenvalue weighted by Gasteiger charge is 2.10. The van der Waals surface area contributed by atoms with Crippen LogP contribution in [0.3, 0.4) is 0 Å². The number of nitrogens with zero attached hydrogens (tertiary/aromatic N) is 1. The molecule has 21 heavy (non-hydrogen) atoms. The summed E-state index contributed by atoms with van der Waals surface area (Å²) in [6.07, 6.45) is 0. The first-order valence-corrected chi connectivity index (χ1v) is 8.19. The molecule has 0 spiro atoms. The lowest BCUT2D eigenvalue weighted by Crippen LogP contribution is -2.11. The molecule has 0 aromatic heterocycles. The number of benzene rings is 2. The summed E-state index contributed by atoms with van der Waals surface area (Å²) in [6.45, 7) is 5.11. The van der Waals surface area contributed by atoms with Gasteiger partial charge in [0.2, 0.25) is 0 Å². The molecule has 108 valence electrons. The van der Waals surface area contributed by atoms with Gasteiger partial charge in [0.05, 0.1) is 11.3 Å². The SMILES string of the molecule is CCSc1cccc(NCC(C)c2ccccc2)c1C#N. The number of thioether (sulfide) groups is 1. The van der Waals surface area contributed by atoms with Crippen LogP contribution in [0.4, 0.5) is 5.69 Å². The molecule has 0 fully saturated rings. The van der Waals surface area contributed by atoms with Gasteiger partial charge in [-0.3, -0.25) is 0 Å². The monoisotopic (exact) mass is 296 g/mol. The second kappa shape index (κ2) is 7.75. The van der Waals surface area contributed by atoms with Crippen LogP contribution < -0.4 is 5.32 Å². The van der Waals surface area contributed by atoms with E-state index in [1.54, 1.807) is 11.8 Å². The van der Waals surface area contributed by atoms with Crippen molar-refractivity contribution in [3.8, 4) is 6.07 Å². The second-order valence-electron chi connectivity index (χ2n) is 4.92. The molecule has 0 radical (unpaired) electrons. The quantitative estimate of drug-likeness (QED) is 0.771. The van der Waals surface area contributed by atoms with Gasteiger partial charge in [-0.1, -0.05) is 50.2 Å². The number of rotatable bonds is 6. The third-order valence-electron chi connectivity index (χ3n) is 3.41. The number of anilines is 1. The number of hydrogen-bond donors (Lipinski definition) is 1. The van der Waals surface area contributed by atoms with Gasteiger partial charge in [0.1, 0.15) is 6.07 Å². The van der Waals surface area contributed by atoms with Crippen molar-refractivity contribution >= 4 is 17.4 Å². The molecule has 0 saturated heterocycles. The maximum atomic E-state index is 9.40. The summed E-state index contributed by atoms with van der Waals surface area (Å²) in [4.78, 5) is 1.05. The maximum Gasteiger partial charge on any atom is 0.102 e. The van der Waals surface area contributed by atoms with Crippen molar-refractivity contribution in [2.24, 2.45) is 0 Å².